The minimum Gasteiger partial charge on any atom is -0.352 e. The van der Waals surface area contributed by atoms with Gasteiger partial charge in [-0.15, -0.1) is 12.4 Å². The number of rotatable bonds is 4. The van der Waals surface area contributed by atoms with Gasteiger partial charge in [-0.25, -0.2) is 8.78 Å². The topological polar surface area (TPSA) is 55.1 Å². The van der Waals surface area contributed by atoms with Gasteiger partial charge in [0.25, 0.3) is 0 Å². The molecule has 0 spiro atoms. The largest absolute Gasteiger partial charge is 0.352 e. The van der Waals surface area contributed by atoms with E-state index in [4.69, 9.17) is 5.73 Å². The number of hydrogen-bond acceptors (Lipinski definition) is 2. The zero-order chi connectivity index (χ0) is 12.1. The van der Waals surface area contributed by atoms with Crippen LogP contribution in [0.3, 0.4) is 0 Å². The van der Waals surface area contributed by atoms with E-state index in [0.717, 1.165) is 12.1 Å². The average molecular weight is 265 g/mol. The van der Waals surface area contributed by atoms with Crippen molar-refractivity contribution in [1.82, 2.24) is 5.32 Å². The summed E-state index contributed by atoms with van der Waals surface area (Å²) in [6.45, 7) is 1.89. The molecule has 3 N–H and O–H groups in total. The van der Waals surface area contributed by atoms with Gasteiger partial charge in [0.2, 0.25) is 5.91 Å². The van der Waals surface area contributed by atoms with Gasteiger partial charge in [0.15, 0.2) is 11.6 Å². The maximum Gasteiger partial charge on any atom is 0.221 e. The predicted molar refractivity (Wildman–Crippen MR) is 63.7 cm³/mol. The van der Waals surface area contributed by atoms with Gasteiger partial charge in [-0.1, -0.05) is 6.07 Å². The molecular formula is C11H15ClF2N2O. The lowest BCUT2D eigenvalue weighted by atomic mass is 10.2. The van der Waals surface area contributed by atoms with Crippen LogP contribution in [0.5, 0.6) is 0 Å². The molecule has 3 nitrogen and oxygen atoms in total. The number of amides is 1. The normalized spacial score (nSPS) is 11.5. The minimum absolute atomic E-state index is 0. The van der Waals surface area contributed by atoms with Crippen molar-refractivity contribution in [3.8, 4) is 0 Å². The van der Waals surface area contributed by atoms with Crippen molar-refractivity contribution in [2.24, 2.45) is 5.73 Å². The van der Waals surface area contributed by atoms with E-state index in [2.05, 4.69) is 5.32 Å². The fraction of sp³-hybridized carbons (Fsp3) is 0.364. The second-order valence-electron chi connectivity index (χ2n) is 3.71. The van der Waals surface area contributed by atoms with E-state index < -0.39 is 11.6 Å². The lowest BCUT2D eigenvalue weighted by Gasteiger charge is -2.07. The molecule has 0 aromatic heterocycles. The van der Waals surface area contributed by atoms with Crippen molar-refractivity contribution < 1.29 is 13.6 Å². The van der Waals surface area contributed by atoms with Crippen molar-refractivity contribution in [2.45, 2.75) is 25.9 Å². The molecular weight excluding hydrogens is 250 g/mol. The molecule has 1 aromatic rings. The van der Waals surface area contributed by atoms with Gasteiger partial charge in [0, 0.05) is 19.0 Å². The molecule has 0 radical (unpaired) electrons. The number of nitrogens with one attached hydrogen (secondary N) is 1. The number of halogens is 3. The maximum atomic E-state index is 12.8. The third-order valence-corrected chi connectivity index (χ3v) is 1.98. The van der Waals surface area contributed by atoms with Crippen LogP contribution in [0.25, 0.3) is 0 Å². The summed E-state index contributed by atoms with van der Waals surface area (Å²) in [5.41, 5.74) is 5.95. The van der Waals surface area contributed by atoms with Crippen LogP contribution in [-0.4, -0.2) is 11.9 Å². The summed E-state index contributed by atoms with van der Waals surface area (Å²) in [4.78, 5) is 11.2. The maximum absolute atomic E-state index is 12.8. The molecule has 1 amide bonds. The molecule has 1 aromatic carbocycles. The smallest absolute Gasteiger partial charge is 0.221 e. The molecule has 0 aliphatic carbocycles. The fourth-order valence-corrected chi connectivity index (χ4v) is 1.21. The Morgan fingerprint density at radius 3 is 2.59 bits per heavy atom. The van der Waals surface area contributed by atoms with Gasteiger partial charge < -0.3 is 11.1 Å². The van der Waals surface area contributed by atoms with Crippen molar-refractivity contribution in [2.75, 3.05) is 0 Å². The lowest BCUT2D eigenvalue weighted by molar-refractivity contribution is -0.121. The van der Waals surface area contributed by atoms with Crippen LogP contribution in [0.4, 0.5) is 8.78 Å². The van der Waals surface area contributed by atoms with Gasteiger partial charge >= 0.3 is 0 Å². The number of nitrogens with two attached hydrogens (primary N) is 1. The monoisotopic (exact) mass is 264 g/mol. The molecule has 0 fully saturated rings. The number of benzene rings is 1. The lowest BCUT2D eigenvalue weighted by Crippen LogP contribution is -2.29. The Morgan fingerprint density at radius 2 is 2.06 bits per heavy atom. The molecule has 1 atom stereocenters. The summed E-state index contributed by atoms with van der Waals surface area (Å²) in [6, 6.07) is 3.29. The molecule has 0 aliphatic heterocycles. The molecule has 0 saturated heterocycles. The molecule has 6 heteroatoms. The molecule has 0 saturated carbocycles. The number of carbonyl (C=O) groups excluding carboxylic acids is 1. The van der Waals surface area contributed by atoms with E-state index in [-0.39, 0.29) is 37.3 Å². The van der Waals surface area contributed by atoms with Crippen LogP contribution in [0.15, 0.2) is 18.2 Å². The minimum atomic E-state index is -0.918. The average Bonchev–Trinajstić information content (AvgIpc) is 2.19. The van der Waals surface area contributed by atoms with Crippen LogP contribution in [-0.2, 0) is 11.3 Å². The summed E-state index contributed by atoms with van der Waals surface area (Å²) >= 11 is 0. The van der Waals surface area contributed by atoms with Crippen molar-refractivity contribution in [1.29, 1.82) is 0 Å². The summed E-state index contributed by atoms with van der Waals surface area (Å²) in [5.74, 6) is -2.02. The predicted octanol–water partition coefficient (Wildman–Crippen LogP) is 1.74. The SMILES string of the molecule is CC(N)CC(=O)NCc1ccc(F)c(F)c1.Cl. The molecule has 17 heavy (non-hydrogen) atoms. The first-order valence-electron chi connectivity index (χ1n) is 4.95. The second-order valence-corrected chi connectivity index (χ2v) is 3.71. The van der Waals surface area contributed by atoms with Gasteiger partial charge in [0.1, 0.15) is 0 Å². The van der Waals surface area contributed by atoms with Crippen molar-refractivity contribution in [3.05, 3.63) is 35.4 Å². The highest BCUT2D eigenvalue weighted by molar-refractivity contribution is 5.85. The molecule has 1 unspecified atom stereocenters. The van der Waals surface area contributed by atoms with Gasteiger partial charge in [-0.2, -0.15) is 0 Å². The molecule has 0 bridgehead atoms. The van der Waals surface area contributed by atoms with Crippen LogP contribution >= 0.6 is 12.4 Å². The molecule has 0 heterocycles. The summed E-state index contributed by atoms with van der Waals surface area (Å²) in [7, 11) is 0. The highest BCUT2D eigenvalue weighted by Gasteiger charge is 2.06. The summed E-state index contributed by atoms with van der Waals surface area (Å²) in [6.07, 6.45) is 0.212. The Balaban J connectivity index is 0.00000256. The van der Waals surface area contributed by atoms with Crippen LogP contribution in [0, 0.1) is 11.6 Å². The standard InChI is InChI=1S/C11H14F2N2O.ClH/c1-7(14)4-11(16)15-6-8-2-3-9(12)10(13)5-8;/h2-3,5,7H,4,6,14H2,1H3,(H,15,16);1H. The van der Waals surface area contributed by atoms with Crippen molar-refractivity contribution in [3.63, 3.8) is 0 Å². The second kappa shape index (κ2) is 7.19. The van der Waals surface area contributed by atoms with E-state index in [9.17, 15) is 13.6 Å². The first-order valence-corrected chi connectivity index (χ1v) is 4.95. The van der Waals surface area contributed by atoms with Crippen LogP contribution in [0.1, 0.15) is 18.9 Å². The highest BCUT2D eigenvalue weighted by atomic mass is 35.5. The zero-order valence-corrected chi connectivity index (χ0v) is 10.2. The zero-order valence-electron chi connectivity index (χ0n) is 9.37. The summed E-state index contributed by atoms with van der Waals surface area (Å²) in [5, 5.41) is 2.57. The molecule has 0 aliphatic rings. The van der Waals surface area contributed by atoms with E-state index in [0.29, 0.717) is 5.56 Å². The quantitative estimate of drug-likeness (QED) is 0.870. The Hall–Kier alpha value is -1.20. The van der Waals surface area contributed by atoms with Gasteiger partial charge in [-0.3, -0.25) is 4.79 Å². The molecule has 96 valence electrons. The van der Waals surface area contributed by atoms with Gasteiger partial charge in [-0.05, 0) is 24.6 Å². The first kappa shape index (κ1) is 15.8. The van der Waals surface area contributed by atoms with Crippen LogP contribution < -0.4 is 11.1 Å². The number of hydrogen-bond donors (Lipinski definition) is 2. The highest BCUT2D eigenvalue weighted by Crippen LogP contribution is 2.08. The Kier molecular flexibility index (Phi) is 6.68. The molecule has 1 rings (SSSR count). The third-order valence-electron chi connectivity index (χ3n) is 1.98. The van der Waals surface area contributed by atoms with E-state index in [1.54, 1.807) is 6.92 Å². The Labute approximate surface area is 105 Å². The Bertz CT molecular complexity index is 386. The first-order chi connectivity index (χ1) is 7.49. The van der Waals surface area contributed by atoms with Crippen molar-refractivity contribution >= 4 is 18.3 Å². The third kappa shape index (κ3) is 5.60. The fourth-order valence-electron chi connectivity index (χ4n) is 1.21. The van der Waals surface area contributed by atoms with Gasteiger partial charge in [0.05, 0.1) is 0 Å². The van der Waals surface area contributed by atoms with E-state index in [1.165, 1.54) is 6.07 Å². The van der Waals surface area contributed by atoms with E-state index >= 15 is 0 Å². The van der Waals surface area contributed by atoms with Crippen LogP contribution in [0.2, 0.25) is 0 Å². The Morgan fingerprint density at radius 1 is 1.41 bits per heavy atom. The van der Waals surface area contributed by atoms with E-state index in [1.807, 2.05) is 0 Å². The number of carbonyl (C=O) groups is 1. The summed E-state index contributed by atoms with van der Waals surface area (Å²) < 4.78 is 25.4.